The van der Waals surface area contributed by atoms with Gasteiger partial charge in [0.05, 0.1) is 12.7 Å². The average Bonchev–Trinajstić information content (AvgIpc) is 2.18. The van der Waals surface area contributed by atoms with Gasteiger partial charge in [-0.25, -0.2) is 0 Å². The van der Waals surface area contributed by atoms with Crippen molar-refractivity contribution in [2.75, 3.05) is 6.61 Å². The molecule has 1 atom stereocenters. The molecule has 0 saturated carbocycles. The number of rotatable bonds is 3. The molecule has 1 N–H and O–H groups in total. The van der Waals surface area contributed by atoms with Crippen LogP contribution in [-0.2, 0) is 0 Å². The van der Waals surface area contributed by atoms with E-state index >= 15 is 0 Å². The number of ether oxygens (including phenoxy) is 1. The topological polar surface area (TPSA) is 53.2 Å². The van der Waals surface area contributed by atoms with E-state index in [2.05, 4.69) is 0 Å². The minimum atomic E-state index is -1.05. The molecule has 0 aromatic heterocycles. The SMILES string of the molecule is CCOc1ccc(C(O)C#N)cc1. The molecule has 0 bridgehead atoms. The second-order valence-corrected chi connectivity index (χ2v) is 2.53. The van der Waals surface area contributed by atoms with Crippen LogP contribution in [0.25, 0.3) is 0 Å². The van der Waals surface area contributed by atoms with Gasteiger partial charge in [-0.05, 0) is 24.6 Å². The summed E-state index contributed by atoms with van der Waals surface area (Å²) in [6, 6.07) is 8.58. The molecule has 1 unspecified atom stereocenters. The molecular formula is C10H11NO2. The maximum Gasteiger partial charge on any atom is 0.165 e. The lowest BCUT2D eigenvalue weighted by molar-refractivity contribution is 0.235. The molecule has 68 valence electrons. The Balaban J connectivity index is 2.76. The van der Waals surface area contributed by atoms with Gasteiger partial charge in [-0.15, -0.1) is 0 Å². The number of hydrogen-bond acceptors (Lipinski definition) is 3. The van der Waals surface area contributed by atoms with Crippen LogP contribution in [0.15, 0.2) is 24.3 Å². The molecule has 0 aliphatic carbocycles. The van der Waals surface area contributed by atoms with Crippen LogP contribution in [-0.4, -0.2) is 11.7 Å². The van der Waals surface area contributed by atoms with E-state index in [1.165, 1.54) is 0 Å². The smallest absolute Gasteiger partial charge is 0.165 e. The van der Waals surface area contributed by atoms with Crippen molar-refractivity contribution in [1.82, 2.24) is 0 Å². The maximum absolute atomic E-state index is 9.15. The molecule has 0 saturated heterocycles. The lowest BCUT2D eigenvalue weighted by Gasteiger charge is -2.04. The molecule has 0 spiro atoms. The second-order valence-electron chi connectivity index (χ2n) is 2.53. The molecular weight excluding hydrogens is 166 g/mol. The number of nitrogens with zero attached hydrogens (tertiary/aromatic N) is 1. The Hall–Kier alpha value is -1.53. The van der Waals surface area contributed by atoms with Gasteiger partial charge in [0.15, 0.2) is 6.10 Å². The van der Waals surface area contributed by atoms with Gasteiger partial charge >= 0.3 is 0 Å². The summed E-state index contributed by atoms with van der Waals surface area (Å²) in [7, 11) is 0. The van der Waals surface area contributed by atoms with Gasteiger partial charge in [0, 0.05) is 0 Å². The van der Waals surface area contributed by atoms with E-state index in [-0.39, 0.29) is 0 Å². The summed E-state index contributed by atoms with van der Waals surface area (Å²) in [6.07, 6.45) is -1.05. The van der Waals surface area contributed by atoms with Gasteiger partial charge in [-0.3, -0.25) is 0 Å². The summed E-state index contributed by atoms with van der Waals surface area (Å²) in [5, 5.41) is 17.6. The van der Waals surface area contributed by atoms with Gasteiger partial charge in [0.2, 0.25) is 0 Å². The van der Waals surface area contributed by atoms with Crippen molar-refractivity contribution >= 4 is 0 Å². The zero-order valence-electron chi connectivity index (χ0n) is 7.40. The molecule has 0 amide bonds. The molecule has 13 heavy (non-hydrogen) atoms. The third-order valence-electron chi connectivity index (χ3n) is 1.63. The van der Waals surface area contributed by atoms with E-state index in [0.29, 0.717) is 12.2 Å². The minimum Gasteiger partial charge on any atom is -0.494 e. The minimum absolute atomic E-state index is 0.589. The van der Waals surface area contributed by atoms with Crippen LogP contribution >= 0.6 is 0 Å². The van der Waals surface area contributed by atoms with Crippen LogP contribution in [0.2, 0.25) is 0 Å². The van der Waals surface area contributed by atoms with Gasteiger partial charge in [-0.1, -0.05) is 12.1 Å². The average molecular weight is 177 g/mol. The van der Waals surface area contributed by atoms with Crippen molar-refractivity contribution in [1.29, 1.82) is 5.26 Å². The fourth-order valence-electron chi connectivity index (χ4n) is 0.988. The number of aliphatic hydroxyl groups excluding tert-OH is 1. The van der Waals surface area contributed by atoms with Crippen molar-refractivity contribution in [3.8, 4) is 11.8 Å². The van der Waals surface area contributed by atoms with Gasteiger partial charge in [0.25, 0.3) is 0 Å². The van der Waals surface area contributed by atoms with Crippen molar-refractivity contribution in [2.24, 2.45) is 0 Å². The van der Waals surface area contributed by atoms with Crippen LogP contribution in [0.5, 0.6) is 5.75 Å². The molecule has 0 aliphatic rings. The molecule has 0 aliphatic heterocycles. The zero-order chi connectivity index (χ0) is 9.68. The quantitative estimate of drug-likeness (QED) is 0.714. The van der Waals surface area contributed by atoms with Crippen LogP contribution in [0.1, 0.15) is 18.6 Å². The molecule has 3 nitrogen and oxygen atoms in total. The fraction of sp³-hybridized carbons (Fsp3) is 0.300. The number of nitriles is 1. The standard InChI is InChI=1S/C10H11NO2/c1-2-13-9-5-3-8(4-6-9)10(12)7-11/h3-6,10,12H,2H2,1H3. The molecule has 1 aromatic carbocycles. The Morgan fingerprint density at radius 2 is 2.08 bits per heavy atom. The first-order valence-electron chi connectivity index (χ1n) is 4.08. The van der Waals surface area contributed by atoms with Gasteiger partial charge < -0.3 is 9.84 Å². The molecule has 0 fully saturated rings. The number of hydrogen-bond donors (Lipinski definition) is 1. The molecule has 1 aromatic rings. The van der Waals surface area contributed by atoms with Crippen LogP contribution in [0.4, 0.5) is 0 Å². The predicted octanol–water partition coefficient (Wildman–Crippen LogP) is 1.64. The van der Waals surface area contributed by atoms with E-state index in [9.17, 15) is 0 Å². The van der Waals surface area contributed by atoms with Crippen molar-refractivity contribution in [2.45, 2.75) is 13.0 Å². The Morgan fingerprint density at radius 1 is 1.46 bits per heavy atom. The summed E-state index contributed by atoms with van der Waals surface area (Å²) >= 11 is 0. The highest BCUT2D eigenvalue weighted by Crippen LogP contribution is 2.16. The number of benzene rings is 1. The van der Waals surface area contributed by atoms with E-state index in [0.717, 1.165) is 5.75 Å². The Morgan fingerprint density at radius 3 is 2.54 bits per heavy atom. The normalized spacial score (nSPS) is 11.8. The lowest BCUT2D eigenvalue weighted by Crippen LogP contribution is -1.94. The highest BCUT2D eigenvalue weighted by atomic mass is 16.5. The predicted molar refractivity (Wildman–Crippen MR) is 48.2 cm³/mol. The first kappa shape index (κ1) is 9.56. The van der Waals surface area contributed by atoms with Crippen molar-refractivity contribution in [3.63, 3.8) is 0 Å². The Labute approximate surface area is 77.2 Å². The van der Waals surface area contributed by atoms with Crippen LogP contribution in [0, 0.1) is 11.3 Å². The highest BCUT2D eigenvalue weighted by molar-refractivity contribution is 5.30. The van der Waals surface area contributed by atoms with E-state index in [4.69, 9.17) is 15.1 Å². The summed E-state index contributed by atoms with van der Waals surface area (Å²) in [6.45, 7) is 2.51. The molecule has 0 heterocycles. The Bertz CT molecular complexity index is 300. The van der Waals surface area contributed by atoms with Crippen LogP contribution < -0.4 is 4.74 Å². The molecule has 1 rings (SSSR count). The Kier molecular flexibility index (Phi) is 3.30. The molecule has 3 heteroatoms. The first-order valence-corrected chi connectivity index (χ1v) is 4.08. The van der Waals surface area contributed by atoms with Crippen molar-refractivity contribution in [3.05, 3.63) is 29.8 Å². The molecule has 0 radical (unpaired) electrons. The van der Waals surface area contributed by atoms with Crippen LogP contribution in [0.3, 0.4) is 0 Å². The van der Waals surface area contributed by atoms with Gasteiger partial charge in [-0.2, -0.15) is 5.26 Å². The third-order valence-corrected chi connectivity index (χ3v) is 1.63. The number of aliphatic hydroxyl groups is 1. The lowest BCUT2D eigenvalue weighted by atomic mass is 10.1. The van der Waals surface area contributed by atoms with Gasteiger partial charge in [0.1, 0.15) is 5.75 Å². The fourth-order valence-corrected chi connectivity index (χ4v) is 0.988. The highest BCUT2D eigenvalue weighted by Gasteiger charge is 2.04. The summed E-state index contributed by atoms with van der Waals surface area (Å²) in [4.78, 5) is 0. The maximum atomic E-state index is 9.15. The van der Waals surface area contributed by atoms with E-state index in [1.807, 2.05) is 6.92 Å². The first-order chi connectivity index (χ1) is 6.27. The van der Waals surface area contributed by atoms with Crippen molar-refractivity contribution < 1.29 is 9.84 Å². The third kappa shape index (κ3) is 2.46. The second kappa shape index (κ2) is 4.48. The summed E-state index contributed by atoms with van der Waals surface area (Å²) < 4.78 is 5.21. The van der Waals surface area contributed by atoms with E-state index in [1.54, 1.807) is 30.3 Å². The summed E-state index contributed by atoms with van der Waals surface area (Å²) in [5.41, 5.74) is 0.589. The zero-order valence-corrected chi connectivity index (χ0v) is 7.40. The van der Waals surface area contributed by atoms with E-state index < -0.39 is 6.10 Å². The largest absolute Gasteiger partial charge is 0.494 e. The monoisotopic (exact) mass is 177 g/mol. The summed E-state index contributed by atoms with van der Waals surface area (Å²) in [5.74, 6) is 0.747.